The van der Waals surface area contributed by atoms with Gasteiger partial charge in [0, 0.05) is 19.3 Å². The Kier molecular flexibility index (Phi) is 4.80. The minimum Gasteiger partial charge on any atom is -0.444 e. The Balaban J connectivity index is 1.74. The maximum Gasteiger partial charge on any atom is 0.407 e. The lowest BCUT2D eigenvalue weighted by Gasteiger charge is -2.20. The largest absolute Gasteiger partial charge is 0.444 e. The lowest BCUT2D eigenvalue weighted by molar-refractivity contribution is 0.0523. The summed E-state index contributed by atoms with van der Waals surface area (Å²) in [7, 11) is 0. The summed E-state index contributed by atoms with van der Waals surface area (Å²) in [5.74, 6) is -0.694. The standard InChI is InChI=1S/C19H21F2N3O2/c1-19(2,3)26-18(25)23-11-12-9-13-7-8-24(17(13)22-10-12)16-14(20)5-4-6-15(16)21/h4-6,9-10H,7-8,11H2,1-3H3,(H,23,25). The van der Waals surface area contributed by atoms with Crippen LogP contribution in [0.5, 0.6) is 0 Å². The third kappa shape index (κ3) is 3.92. The van der Waals surface area contributed by atoms with E-state index in [1.54, 1.807) is 31.9 Å². The van der Waals surface area contributed by atoms with E-state index in [1.807, 2.05) is 6.07 Å². The second-order valence-corrected chi connectivity index (χ2v) is 7.15. The number of hydrogen-bond donors (Lipinski definition) is 1. The molecule has 0 radical (unpaired) electrons. The van der Waals surface area contributed by atoms with Gasteiger partial charge < -0.3 is 15.0 Å². The van der Waals surface area contributed by atoms with Gasteiger partial charge in [-0.3, -0.25) is 0 Å². The lowest BCUT2D eigenvalue weighted by Crippen LogP contribution is -2.32. The quantitative estimate of drug-likeness (QED) is 0.895. The zero-order valence-electron chi connectivity index (χ0n) is 15.0. The number of benzene rings is 1. The molecule has 1 aromatic carbocycles. The predicted octanol–water partition coefficient (Wildman–Crippen LogP) is 4.08. The van der Waals surface area contributed by atoms with Gasteiger partial charge >= 0.3 is 6.09 Å². The van der Waals surface area contributed by atoms with Crippen molar-refractivity contribution in [1.29, 1.82) is 0 Å². The molecule has 0 unspecified atom stereocenters. The molecule has 5 nitrogen and oxygen atoms in total. The van der Waals surface area contributed by atoms with Crippen molar-refractivity contribution in [3.05, 3.63) is 53.2 Å². The first-order valence-electron chi connectivity index (χ1n) is 8.41. The molecule has 0 spiro atoms. The van der Waals surface area contributed by atoms with E-state index in [2.05, 4.69) is 10.3 Å². The van der Waals surface area contributed by atoms with Crippen molar-refractivity contribution in [1.82, 2.24) is 10.3 Å². The van der Waals surface area contributed by atoms with Crippen LogP contribution in [0.25, 0.3) is 0 Å². The molecular formula is C19H21F2N3O2. The highest BCUT2D eigenvalue weighted by atomic mass is 19.1. The number of fused-ring (bicyclic) bond motifs is 1. The van der Waals surface area contributed by atoms with Crippen molar-refractivity contribution in [2.45, 2.75) is 39.3 Å². The Morgan fingerprint density at radius 1 is 1.31 bits per heavy atom. The number of ether oxygens (including phenoxy) is 1. The van der Waals surface area contributed by atoms with Gasteiger partial charge in [-0.1, -0.05) is 6.07 Å². The fourth-order valence-electron chi connectivity index (χ4n) is 2.87. The molecule has 0 aliphatic carbocycles. The Hall–Kier alpha value is -2.70. The number of para-hydroxylation sites is 1. The van der Waals surface area contributed by atoms with E-state index in [4.69, 9.17) is 4.74 Å². The highest BCUT2D eigenvalue weighted by Gasteiger charge is 2.27. The highest BCUT2D eigenvalue weighted by molar-refractivity contribution is 5.69. The molecule has 0 saturated carbocycles. The molecule has 3 rings (SSSR count). The average molecular weight is 361 g/mol. The van der Waals surface area contributed by atoms with Crippen LogP contribution in [-0.2, 0) is 17.7 Å². The molecule has 7 heteroatoms. The van der Waals surface area contributed by atoms with Gasteiger partial charge in [-0.25, -0.2) is 18.6 Å². The number of aromatic nitrogens is 1. The minimum absolute atomic E-state index is 0.0848. The fraction of sp³-hybridized carbons (Fsp3) is 0.368. The molecule has 0 fully saturated rings. The molecule has 2 aromatic rings. The second-order valence-electron chi connectivity index (χ2n) is 7.15. The number of halogens is 2. The Morgan fingerprint density at radius 2 is 2.00 bits per heavy atom. The van der Waals surface area contributed by atoms with Crippen LogP contribution in [0.3, 0.4) is 0 Å². The molecule has 1 N–H and O–H groups in total. The van der Waals surface area contributed by atoms with Gasteiger partial charge in [0.15, 0.2) is 0 Å². The molecule has 0 atom stereocenters. The van der Waals surface area contributed by atoms with Crippen LogP contribution >= 0.6 is 0 Å². The average Bonchev–Trinajstić information content (AvgIpc) is 2.94. The van der Waals surface area contributed by atoms with Gasteiger partial charge in [-0.15, -0.1) is 0 Å². The molecule has 2 heterocycles. The van der Waals surface area contributed by atoms with Crippen molar-refractivity contribution in [3.63, 3.8) is 0 Å². The van der Waals surface area contributed by atoms with Crippen LogP contribution in [0.15, 0.2) is 30.5 Å². The molecule has 0 bridgehead atoms. The number of hydrogen-bond acceptors (Lipinski definition) is 4. The molecule has 1 amide bonds. The number of nitrogens with one attached hydrogen (secondary N) is 1. The molecule has 138 valence electrons. The van der Waals surface area contributed by atoms with Crippen LogP contribution < -0.4 is 10.2 Å². The monoisotopic (exact) mass is 361 g/mol. The number of anilines is 2. The Labute approximate surface area is 151 Å². The van der Waals surface area contributed by atoms with Gasteiger partial charge in [-0.2, -0.15) is 0 Å². The third-order valence-electron chi connectivity index (χ3n) is 3.90. The summed E-state index contributed by atoms with van der Waals surface area (Å²) in [5.41, 5.74) is 1.03. The summed E-state index contributed by atoms with van der Waals surface area (Å²) in [6.07, 6.45) is 1.71. The number of amides is 1. The number of nitrogens with zero attached hydrogens (tertiary/aromatic N) is 2. The van der Waals surface area contributed by atoms with E-state index in [0.29, 0.717) is 18.8 Å². The summed E-state index contributed by atoms with van der Waals surface area (Å²) >= 11 is 0. The number of carbonyl (C=O) groups is 1. The molecular weight excluding hydrogens is 340 g/mol. The van der Waals surface area contributed by atoms with E-state index < -0.39 is 23.3 Å². The Bertz CT molecular complexity index is 814. The summed E-state index contributed by atoms with van der Waals surface area (Å²) < 4.78 is 33.3. The zero-order chi connectivity index (χ0) is 18.9. The number of pyridine rings is 1. The normalized spacial score (nSPS) is 13.5. The first-order chi connectivity index (χ1) is 12.2. The number of alkyl carbamates (subject to hydrolysis) is 1. The van der Waals surface area contributed by atoms with Crippen molar-refractivity contribution in [2.75, 3.05) is 11.4 Å². The third-order valence-corrected chi connectivity index (χ3v) is 3.90. The molecule has 1 aromatic heterocycles. The van der Waals surface area contributed by atoms with Crippen LogP contribution in [0.1, 0.15) is 31.9 Å². The van der Waals surface area contributed by atoms with Crippen molar-refractivity contribution >= 4 is 17.6 Å². The summed E-state index contributed by atoms with van der Waals surface area (Å²) in [6, 6.07) is 5.69. The van der Waals surface area contributed by atoms with Crippen molar-refractivity contribution in [2.24, 2.45) is 0 Å². The van der Waals surface area contributed by atoms with Crippen LogP contribution in [-0.4, -0.2) is 23.2 Å². The fourth-order valence-corrected chi connectivity index (χ4v) is 2.87. The van der Waals surface area contributed by atoms with E-state index >= 15 is 0 Å². The zero-order valence-corrected chi connectivity index (χ0v) is 15.0. The van der Waals surface area contributed by atoms with Gasteiger partial charge in [0.2, 0.25) is 0 Å². The van der Waals surface area contributed by atoms with Crippen molar-refractivity contribution < 1.29 is 18.3 Å². The van der Waals surface area contributed by atoms with Crippen LogP contribution in [0.2, 0.25) is 0 Å². The van der Waals surface area contributed by atoms with Gasteiger partial charge in [0.25, 0.3) is 0 Å². The number of rotatable bonds is 3. The lowest BCUT2D eigenvalue weighted by atomic mass is 10.1. The van der Waals surface area contributed by atoms with Crippen LogP contribution in [0, 0.1) is 11.6 Å². The minimum atomic E-state index is -0.615. The van der Waals surface area contributed by atoms with E-state index in [-0.39, 0.29) is 12.2 Å². The SMILES string of the molecule is CC(C)(C)OC(=O)NCc1cnc2c(c1)CCN2c1c(F)cccc1F. The Morgan fingerprint density at radius 3 is 2.65 bits per heavy atom. The highest BCUT2D eigenvalue weighted by Crippen LogP contribution is 2.36. The molecule has 0 saturated heterocycles. The summed E-state index contributed by atoms with van der Waals surface area (Å²) in [4.78, 5) is 17.6. The molecule has 1 aliphatic heterocycles. The van der Waals surface area contributed by atoms with Crippen LogP contribution in [0.4, 0.5) is 25.1 Å². The first-order valence-corrected chi connectivity index (χ1v) is 8.41. The predicted molar refractivity (Wildman–Crippen MR) is 94.4 cm³/mol. The number of carbonyl (C=O) groups excluding carboxylic acids is 1. The first kappa shape index (κ1) is 18.1. The maximum atomic E-state index is 14.0. The maximum absolute atomic E-state index is 14.0. The van der Waals surface area contributed by atoms with Gasteiger partial charge in [0.05, 0.1) is 0 Å². The van der Waals surface area contributed by atoms with Gasteiger partial charge in [0.1, 0.15) is 28.7 Å². The van der Waals surface area contributed by atoms with Crippen molar-refractivity contribution in [3.8, 4) is 0 Å². The van der Waals surface area contributed by atoms with Gasteiger partial charge in [-0.05, 0) is 56.5 Å². The molecule has 1 aliphatic rings. The smallest absolute Gasteiger partial charge is 0.407 e. The second kappa shape index (κ2) is 6.90. The van der Waals surface area contributed by atoms with E-state index in [1.165, 1.54) is 18.2 Å². The van der Waals surface area contributed by atoms with E-state index in [9.17, 15) is 13.6 Å². The summed E-state index contributed by atoms with van der Waals surface area (Å²) in [6.45, 7) is 6.09. The van der Waals surface area contributed by atoms with E-state index in [0.717, 1.165) is 11.1 Å². The topological polar surface area (TPSA) is 54.5 Å². The summed E-state index contributed by atoms with van der Waals surface area (Å²) in [5, 5.41) is 2.67. The molecule has 26 heavy (non-hydrogen) atoms.